The summed E-state index contributed by atoms with van der Waals surface area (Å²) in [4.78, 5) is 24.3. The normalized spacial score (nSPS) is 15.8. The molecule has 178 valence electrons. The number of hydrogen-bond acceptors (Lipinski definition) is 6. The molecule has 33 heavy (non-hydrogen) atoms. The average Bonchev–Trinajstić information content (AvgIpc) is 2.82. The molecule has 0 bridgehead atoms. The van der Waals surface area contributed by atoms with Crippen LogP contribution in [0.1, 0.15) is 39.1 Å². The number of hydroxylamine groups is 1. The van der Waals surface area contributed by atoms with E-state index in [9.17, 15) is 31.2 Å². The number of carbonyl (C=O) groups is 2. The van der Waals surface area contributed by atoms with Crippen LogP contribution in [0.2, 0.25) is 0 Å². The number of methoxy groups -OCH3 is 1. The molecule has 1 fully saturated rings. The zero-order chi connectivity index (χ0) is 24.4. The quantitative estimate of drug-likeness (QED) is 0.369. The second-order valence-electron chi connectivity index (χ2n) is 7.40. The van der Waals surface area contributed by atoms with Crippen molar-refractivity contribution in [1.29, 1.82) is 0 Å². The van der Waals surface area contributed by atoms with E-state index in [2.05, 4.69) is 0 Å². The predicted octanol–water partition coefficient (Wildman–Crippen LogP) is 3.12. The summed E-state index contributed by atoms with van der Waals surface area (Å²) in [6, 6.07) is 7.89. The highest BCUT2D eigenvalue weighted by Gasteiger charge is 2.37. The van der Waals surface area contributed by atoms with Crippen LogP contribution < -0.4 is 10.2 Å². The van der Waals surface area contributed by atoms with Gasteiger partial charge in [0.2, 0.25) is 10.0 Å². The Morgan fingerprint density at radius 1 is 1.09 bits per heavy atom. The van der Waals surface area contributed by atoms with E-state index in [1.165, 1.54) is 30.8 Å². The number of nitrogens with zero attached hydrogens (tertiary/aromatic N) is 1. The molecule has 1 amide bonds. The first-order valence-electron chi connectivity index (χ1n) is 9.83. The molecule has 0 spiro atoms. The number of piperidine rings is 1. The number of ether oxygens (including phenoxy) is 1. The Morgan fingerprint density at radius 2 is 1.70 bits per heavy atom. The Bertz CT molecular complexity index is 1140. The van der Waals surface area contributed by atoms with Gasteiger partial charge in [-0.3, -0.25) is 14.8 Å². The van der Waals surface area contributed by atoms with E-state index in [1.807, 2.05) is 0 Å². The van der Waals surface area contributed by atoms with Crippen LogP contribution in [0.4, 0.5) is 13.2 Å². The van der Waals surface area contributed by atoms with Crippen LogP contribution >= 0.6 is 0 Å². The van der Waals surface area contributed by atoms with Crippen molar-refractivity contribution in [2.75, 3.05) is 20.2 Å². The van der Waals surface area contributed by atoms with Crippen molar-refractivity contribution < 1.29 is 41.1 Å². The number of sulfonamides is 1. The van der Waals surface area contributed by atoms with Gasteiger partial charge in [-0.2, -0.15) is 17.5 Å². The van der Waals surface area contributed by atoms with Gasteiger partial charge in [-0.05, 0) is 37.1 Å². The molecule has 0 unspecified atom stereocenters. The van der Waals surface area contributed by atoms with Gasteiger partial charge in [0, 0.05) is 24.6 Å². The lowest BCUT2D eigenvalue weighted by Gasteiger charge is -2.31. The van der Waals surface area contributed by atoms with Crippen LogP contribution in [0.15, 0.2) is 47.4 Å². The Kier molecular flexibility index (Phi) is 7.10. The van der Waals surface area contributed by atoms with E-state index < -0.39 is 38.5 Å². The Morgan fingerprint density at radius 3 is 2.21 bits per heavy atom. The second-order valence-corrected chi connectivity index (χ2v) is 9.27. The summed E-state index contributed by atoms with van der Waals surface area (Å²) in [6.45, 7) is -0.0881. The lowest BCUT2D eigenvalue weighted by molar-refractivity contribution is -0.137. The summed E-state index contributed by atoms with van der Waals surface area (Å²) in [7, 11) is -2.99. The van der Waals surface area contributed by atoms with Gasteiger partial charge in [0.05, 0.1) is 18.2 Å². The number of ketones is 1. The van der Waals surface area contributed by atoms with Crippen LogP contribution in [-0.4, -0.2) is 49.8 Å². The number of halogens is 3. The van der Waals surface area contributed by atoms with Gasteiger partial charge in [0.25, 0.3) is 5.91 Å². The zero-order valence-electron chi connectivity index (χ0n) is 17.4. The van der Waals surface area contributed by atoms with E-state index >= 15 is 0 Å². The number of hydrogen-bond donors (Lipinski definition) is 2. The third-order valence-electron chi connectivity index (χ3n) is 5.46. The molecule has 0 saturated carbocycles. The molecular weight excluding hydrogens is 465 g/mol. The minimum atomic E-state index is -4.51. The largest absolute Gasteiger partial charge is 0.495 e. The molecule has 8 nitrogen and oxygen atoms in total. The van der Waals surface area contributed by atoms with Crippen molar-refractivity contribution in [3.63, 3.8) is 0 Å². The third kappa shape index (κ3) is 5.02. The summed E-state index contributed by atoms with van der Waals surface area (Å²) in [5.41, 5.74) is 0.363. The fraction of sp³-hybridized carbons (Fsp3) is 0.333. The molecule has 0 aromatic heterocycles. The molecule has 2 aromatic carbocycles. The average molecular weight is 486 g/mol. The number of carbonyl (C=O) groups excluding carboxylic acids is 2. The zero-order valence-corrected chi connectivity index (χ0v) is 18.2. The van der Waals surface area contributed by atoms with Gasteiger partial charge in [-0.25, -0.2) is 13.9 Å². The first-order chi connectivity index (χ1) is 15.5. The number of nitrogens with one attached hydrogen (secondary N) is 1. The fourth-order valence-electron chi connectivity index (χ4n) is 3.73. The summed E-state index contributed by atoms with van der Waals surface area (Å²) in [5, 5.41) is 8.97. The highest BCUT2D eigenvalue weighted by molar-refractivity contribution is 7.89. The summed E-state index contributed by atoms with van der Waals surface area (Å²) in [5.74, 6) is -2.04. The maximum atomic E-state index is 13.3. The predicted molar refractivity (Wildman–Crippen MR) is 110 cm³/mol. The lowest BCUT2D eigenvalue weighted by atomic mass is 9.89. The molecule has 2 aromatic rings. The van der Waals surface area contributed by atoms with Crippen LogP contribution in [-0.2, 0) is 16.2 Å². The molecule has 1 aliphatic rings. The minimum Gasteiger partial charge on any atom is -0.495 e. The smallest absolute Gasteiger partial charge is 0.416 e. The van der Waals surface area contributed by atoms with Crippen LogP contribution in [0.25, 0.3) is 0 Å². The number of benzene rings is 2. The molecule has 0 aliphatic carbocycles. The van der Waals surface area contributed by atoms with Gasteiger partial charge in [0.1, 0.15) is 10.6 Å². The van der Waals surface area contributed by atoms with Gasteiger partial charge >= 0.3 is 6.18 Å². The lowest BCUT2D eigenvalue weighted by Crippen LogP contribution is -2.41. The van der Waals surface area contributed by atoms with Crippen LogP contribution in [0.5, 0.6) is 5.75 Å². The summed E-state index contributed by atoms with van der Waals surface area (Å²) >= 11 is 0. The van der Waals surface area contributed by atoms with Crippen molar-refractivity contribution in [1.82, 2.24) is 9.79 Å². The summed E-state index contributed by atoms with van der Waals surface area (Å²) < 4.78 is 71.0. The number of amides is 1. The van der Waals surface area contributed by atoms with Crippen molar-refractivity contribution in [2.45, 2.75) is 23.9 Å². The summed E-state index contributed by atoms with van der Waals surface area (Å²) in [6.07, 6.45) is -4.21. The highest BCUT2D eigenvalue weighted by Crippen LogP contribution is 2.34. The maximum absolute atomic E-state index is 13.3. The first kappa shape index (κ1) is 24.7. The van der Waals surface area contributed by atoms with Gasteiger partial charge < -0.3 is 4.74 Å². The molecule has 3 rings (SSSR count). The van der Waals surface area contributed by atoms with E-state index in [-0.39, 0.29) is 48.6 Å². The van der Waals surface area contributed by atoms with Crippen molar-refractivity contribution in [2.24, 2.45) is 5.92 Å². The van der Waals surface area contributed by atoms with Crippen molar-refractivity contribution >= 4 is 21.7 Å². The molecular formula is C21H21F3N2O6S. The van der Waals surface area contributed by atoms with Gasteiger partial charge in [0.15, 0.2) is 5.78 Å². The topological polar surface area (TPSA) is 113 Å². The van der Waals surface area contributed by atoms with E-state index in [1.54, 1.807) is 0 Å². The molecule has 0 radical (unpaired) electrons. The molecule has 12 heteroatoms. The van der Waals surface area contributed by atoms with E-state index in [0.717, 1.165) is 28.6 Å². The highest BCUT2D eigenvalue weighted by atomic mass is 32.2. The van der Waals surface area contributed by atoms with Crippen LogP contribution in [0.3, 0.4) is 0 Å². The van der Waals surface area contributed by atoms with E-state index in [4.69, 9.17) is 9.94 Å². The number of alkyl halides is 3. The molecule has 2 N–H and O–H groups in total. The van der Waals surface area contributed by atoms with Crippen LogP contribution in [0, 0.1) is 5.92 Å². The molecule has 0 atom stereocenters. The number of Topliss-reactive ketones (excluding diaryl/α,β-unsaturated/α-hetero) is 1. The first-order valence-corrected chi connectivity index (χ1v) is 11.3. The number of rotatable bonds is 6. The molecule has 1 heterocycles. The van der Waals surface area contributed by atoms with E-state index in [0.29, 0.717) is 0 Å². The SMILES string of the molecule is COc1cccc(C(=O)NO)c1S(=O)(=O)N1CCC(C(=O)c2ccc(C(F)(F)F)cc2)CC1. The maximum Gasteiger partial charge on any atom is 0.416 e. The minimum absolute atomic E-state index is 0.0440. The molecule has 1 saturated heterocycles. The van der Waals surface area contributed by atoms with Crippen molar-refractivity contribution in [3.8, 4) is 5.75 Å². The van der Waals surface area contributed by atoms with Gasteiger partial charge in [-0.1, -0.05) is 18.2 Å². The molecule has 1 aliphatic heterocycles. The Balaban J connectivity index is 1.78. The fourth-order valence-corrected chi connectivity index (χ4v) is 5.52. The Labute approximate surface area is 188 Å². The van der Waals surface area contributed by atoms with Crippen molar-refractivity contribution in [3.05, 3.63) is 59.2 Å². The van der Waals surface area contributed by atoms with Gasteiger partial charge in [-0.15, -0.1) is 0 Å². The Hall–Kier alpha value is -2.96. The monoisotopic (exact) mass is 486 g/mol. The third-order valence-corrected chi connectivity index (χ3v) is 7.45. The standard InChI is InChI=1S/C21H21F3N2O6S/c1-32-17-4-2-3-16(20(28)25-29)19(17)33(30,31)26-11-9-14(10-12-26)18(27)13-5-7-15(8-6-13)21(22,23)24/h2-8,14,29H,9-12H2,1H3,(H,25,28). The second kappa shape index (κ2) is 9.49.